The smallest absolute Gasteiger partial charge is 0.243 e. The molecule has 0 saturated carbocycles. The Hall–Kier alpha value is -2.20. The van der Waals surface area contributed by atoms with Gasteiger partial charge in [-0.05, 0) is 68.4 Å². The van der Waals surface area contributed by atoms with E-state index in [9.17, 15) is 17.6 Å². The van der Waals surface area contributed by atoms with Crippen molar-refractivity contribution >= 4 is 27.5 Å². The lowest BCUT2D eigenvalue weighted by molar-refractivity contribution is -0.136. The molecule has 0 radical (unpaired) electrons. The molecule has 1 unspecified atom stereocenters. The molecule has 2 aromatic rings. The number of piperidine rings is 1. The van der Waals surface area contributed by atoms with Gasteiger partial charge in [0.05, 0.1) is 11.5 Å². The molecule has 2 heterocycles. The number of ether oxygens (including phenoxy) is 1. The van der Waals surface area contributed by atoms with Crippen molar-refractivity contribution in [1.29, 1.82) is 0 Å². The summed E-state index contributed by atoms with van der Waals surface area (Å²) >= 11 is 5.98. The number of nitrogens with zero attached hydrogens (tertiary/aromatic N) is 3. The molecule has 2 fully saturated rings. The second-order valence-electron chi connectivity index (χ2n) is 9.50. The Morgan fingerprint density at radius 3 is 2.34 bits per heavy atom. The molecule has 1 amide bonds. The van der Waals surface area contributed by atoms with Gasteiger partial charge in [-0.25, -0.2) is 12.8 Å². The third-order valence-electron chi connectivity index (χ3n) is 6.82. The van der Waals surface area contributed by atoms with Crippen molar-refractivity contribution in [2.75, 3.05) is 52.9 Å². The molecule has 7 nitrogen and oxygen atoms in total. The maximum atomic E-state index is 13.4. The molecule has 190 valence electrons. The molecule has 0 bridgehead atoms. The van der Waals surface area contributed by atoms with E-state index in [4.69, 9.17) is 16.3 Å². The summed E-state index contributed by atoms with van der Waals surface area (Å²) in [7, 11) is -1.81. The Labute approximate surface area is 211 Å². The van der Waals surface area contributed by atoms with Gasteiger partial charge in [-0.1, -0.05) is 11.6 Å². The number of hydrogen-bond donors (Lipinski definition) is 0. The number of carbonyl (C=O) groups excluding carboxylic acids is 1. The normalized spacial score (nSPS) is 22.2. The SMILES string of the molecule is CN1CCN(C(=O)CC2(COc3ccc(Cl)cc3)CCCN(S(=O)(=O)c3ccc(F)cc3)C2)CC1. The quantitative estimate of drug-likeness (QED) is 0.555. The maximum absolute atomic E-state index is 13.4. The molecule has 2 aliphatic heterocycles. The lowest BCUT2D eigenvalue weighted by atomic mass is 9.78. The zero-order valence-electron chi connectivity index (χ0n) is 19.8. The fourth-order valence-corrected chi connectivity index (χ4v) is 6.41. The molecule has 2 saturated heterocycles. The van der Waals surface area contributed by atoms with E-state index in [0.717, 1.165) is 25.2 Å². The van der Waals surface area contributed by atoms with E-state index in [1.807, 2.05) is 11.9 Å². The van der Waals surface area contributed by atoms with Crippen molar-refractivity contribution in [3.05, 3.63) is 59.4 Å². The summed E-state index contributed by atoms with van der Waals surface area (Å²) < 4.78 is 47.6. The molecule has 10 heteroatoms. The van der Waals surface area contributed by atoms with Crippen molar-refractivity contribution in [3.8, 4) is 5.75 Å². The number of halogens is 2. The van der Waals surface area contributed by atoms with Gasteiger partial charge in [0.1, 0.15) is 11.6 Å². The van der Waals surface area contributed by atoms with Gasteiger partial charge in [0, 0.05) is 56.1 Å². The lowest BCUT2D eigenvalue weighted by Crippen LogP contribution is -2.53. The zero-order valence-corrected chi connectivity index (χ0v) is 21.4. The first-order chi connectivity index (χ1) is 16.7. The van der Waals surface area contributed by atoms with Gasteiger partial charge in [0.25, 0.3) is 0 Å². The molecule has 0 aliphatic carbocycles. The number of likely N-dealkylation sites (N-methyl/N-ethyl adjacent to an activating group) is 1. The minimum absolute atomic E-state index is 0.0128. The highest BCUT2D eigenvalue weighted by Crippen LogP contribution is 2.37. The molecule has 2 aliphatic rings. The lowest BCUT2D eigenvalue weighted by Gasteiger charge is -2.43. The fraction of sp³-hybridized carbons (Fsp3) is 0.480. The molecule has 0 aromatic heterocycles. The van der Waals surface area contributed by atoms with Crippen molar-refractivity contribution in [1.82, 2.24) is 14.1 Å². The third-order valence-corrected chi connectivity index (χ3v) is 8.93. The van der Waals surface area contributed by atoms with Crippen molar-refractivity contribution < 1.29 is 22.3 Å². The van der Waals surface area contributed by atoms with Gasteiger partial charge in [0.15, 0.2) is 0 Å². The van der Waals surface area contributed by atoms with Crippen LogP contribution in [0, 0.1) is 11.2 Å². The van der Waals surface area contributed by atoms with Crippen LogP contribution in [0.3, 0.4) is 0 Å². The summed E-state index contributed by atoms with van der Waals surface area (Å²) in [6.45, 7) is 3.62. The minimum atomic E-state index is -3.84. The fourth-order valence-electron chi connectivity index (χ4n) is 4.69. The predicted molar refractivity (Wildman–Crippen MR) is 132 cm³/mol. The minimum Gasteiger partial charge on any atom is -0.493 e. The summed E-state index contributed by atoms with van der Waals surface area (Å²) in [6, 6.07) is 11.8. The van der Waals surface area contributed by atoms with Crippen molar-refractivity contribution in [2.45, 2.75) is 24.2 Å². The van der Waals surface area contributed by atoms with Crippen LogP contribution in [0.2, 0.25) is 5.02 Å². The van der Waals surface area contributed by atoms with E-state index in [0.29, 0.717) is 43.2 Å². The number of hydrogen-bond acceptors (Lipinski definition) is 5. The van der Waals surface area contributed by atoms with Gasteiger partial charge in [0.2, 0.25) is 15.9 Å². The van der Waals surface area contributed by atoms with E-state index in [1.165, 1.54) is 16.4 Å². The molecule has 1 atom stereocenters. The van der Waals surface area contributed by atoms with Gasteiger partial charge >= 0.3 is 0 Å². The van der Waals surface area contributed by atoms with E-state index in [-0.39, 0.29) is 30.4 Å². The summed E-state index contributed by atoms with van der Waals surface area (Å²) in [5.41, 5.74) is -0.689. The van der Waals surface area contributed by atoms with Gasteiger partial charge in [-0.3, -0.25) is 4.79 Å². The van der Waals surface area contributed by atoms with Crippen LogP contribution < -0.4 is 4.74 Å². The molecule has 0 N–H and O–H groups in total. The van der Waals surface area contributed by atoms with E-state index in [1.54, 1.807) is 24.3 Å². The number of amides is 1. The Morgan fingerprint density at radius 2 is 1.69 bits per heavy atom. The Kier molecular flexibility index (Phi) is 8.00. The van der Waals surface area contributed by atoms with Crippen LogP contribution in [-0.4, -0.2) is 81.4 Å². The monoisotopic (exact) mass is 523 g/mol. The molecule has 2 aromatic carbocycles. The highest BCUT2D eigenvalue weighted by Gasteiger charge is 2.43. The van der Waals surface area contributed by atoms with Gasteiger partial charge < -0.3 is 14.5 Å². The number of benzene rings is 2. The summed E-state index contributed by atoms with van der Waals surface area (Å²) in [4.78, 5) is 17.4. The number of sulfonamides is 1. The molecular formula is C25H31ClFN3O4S. The molecule has 35 heavy (non-hydrogen) atoms. The third kappa shape index (κ3) is 6.33. The van der Waals surface area contributed by atoms with Crippen LogP contribution in [0.4, 0.5) is 4.39 Å². The first-order valence-electron chi connectivity index (χ1n) is 11.8. The van der Waals surface area contributed by atoms with Crippen molar-refractivity contribution in [2.24, 2.45) is 5.41 Å². The van der Waals surface area contributed by atoms with Crippen LogP contribution in [-0.2, 0) is 14.8 Å². The van der Waals surface area contributed by atoms with E-state index < -0.39 is 21.3 Å². The van der Waals surface area contributed by atoms with Gasteiger partial charge in [-0.15, -0.1) is 0 Å². The number of rotatable bonds is 7. The topological polar surface area (TPSA) is 70.2 Å². The summed E-state index contributed by atoms with van der Waals surface area (Å²) in [5.74, 6) is 0.129. The first-order valence-corrected chi connectivity index (χ1v) is 13.6. The largest absolute Gasteiger partial charge is 0.493 e. The second kappa shape index (κ2) is 10.8. The highest BCUT2D eigenvalue weighted by atomic mass is 35.5. The van der Waals surface area contributed by atoms with Crippen LogP contribution in [0.15, 0.2) is 53.4 Å². The van der Waals surface area contributed by atoms with Crippen LogP contribution in [0.1, 0.15) is 19.3 Å². The molecule has 0 spiro atoms. The second-order valence-corrected chi connectivity index (χ2v) is 11.9. The number of piperazine rings is 1. The Balaban J connectivity index is 1.56. The van der Waals surface area contributed by atoms with Gasteiger partial charge in [-0.2, -0.15) is 4.31 Å². The standard InChI is InChI=1S/C25H31ClFN3O4S/c1-28-13-15-29(16-14-28)24(31)17-25(19-34-22-7-3-20(26)4-8-22)11-2-12-30(18-25)35(32,33)23-9-5-21(27)6-10-23/h3-10H,2,11-19H2,1H3. The average Bonchev–Trinajstić information content (AvgIpc) is 2.84. The first kappa shape index (κ1) is 25.9. The Bertz CT molecular complexity index is 1120. The van der Waals surface area contributed by atoms with Crippen LogP contribution >= 0.6 is 11.6 Å². The zero-order chi connectivity index (χ0) is 25.1. The maximum Gasteiger partial charge on any atom is 0.243 e. The predicted octanol–water partition coefficient (Wildman–Crippen LogP) is 3.49. The molecular weight excluding hydrogens is 493 g/mol. The summed E-state index contributed by atoms with van der Waals surface area (Å²) in [5, 5.41) is 0.589. The van der Waals surface area contributed by atoms with Crippen LogP contribution in [0.5, 0.6) is 5.75 Å². The summed E-state index contributed by atoms with van der Waals surface area (Å²) in [6.07, 6.45) is 1.45. The number of carbonyl (C=O) groups is 1. The van der Waals surface area contributed by atoms with E-state index in [2.05, 4.69) is 4.90 Å². The highest BCUT2D eigenvalue weighted by molar-refractivity contribution is 7.89. The Morgan fingerprint density at radius 1 is 1.03 bits per heavy atom. The van der Waals surface area contributed by atoms with Crippen LogP contribution in [0.25, 0.3) is 0 Å². The molecule has 4 rings (SSSR count). The van der Waals surface area contributed by atoms with Crippen molar-refractivity contribution in [3.63, 3.8) is 0 Å². The average molecular weight is 524 g/mol. The van der Waals surface area contributed by atoms with E-state index >= 15 is 0 Å².